The smallest absolute Gasteiger partial charge is 0.364 e. The molecule has 0 aromatic carbocycles. The van der Waals surface area contributed by atoms with E-state index < -0.39 is 12.8 Å². The molecule has 0 aliphatic heterocycles. The molecule has 1 aromatic heterocycles. The molecule has 1 heterocycles. The average molecular weight is 267 g/mol. The van der Waals surface area contributed by atoms with Crippen LogP contribution in [0.3, 0.4) is 0 Å². The lowest BCUT2D eigenvalue weighted by atomic mass is 10.1. The van der Waals surface area contributed by atoms with E-state index in [2.05, 4.69) is 14.9 Å². The molecule has 1 atom stereocenters. The minimum Gasteiger partial charge on any atom is -0.364 e. The van der Waals surface area contributed by atoms with E-state index in [1.165, 1.54) is 0 Å². The van der Waals surface area contributed by atoms with Crippen molar-refractivity contribution >= 4 is 0 Å². The van der Waals surface area contributed by atoms with Gasteiger partial charge in [-0.25, -0.2) is 0 Å². The van der Waals surface area contributed by atoms with Crippen LogP contribution in [0.2, 0.25) is 0 Å². The van der Waals surface area contributed by atoms with E-state index in [0.717, 1.165) is 12.8 Å². The number of halogens is 3. The summed E-state index contributed by atoms with van der Waals surface area (Å²) in [7, 11) is 0. The molecule has 0 aliphatic rings. The zero-order valence-electron chi connectivity index (χ0n) is 10.0. The van der Waals surface area contributed by atoms with Crippen LogP contribution in [0.25, 0.3) is 0 Å². The normalized spacial score (nSPS) is 13.8. The van der Waals surface area contributed by atoms with Gasteiger partial charge in [0.2, 0.25) is 5.89 Å². The summed E-state index contributed by atoms with van der Waals surface area (Å²) >= 11 is 0. The summed E-state index contributed by atoms with van der Waals surface area (Å²) < 4.78 is 44.9. The molecule has 8 heteroatoms. The van der Waals surface area contributed by atoms with Gasteiger partial charge in [-0.1, -0.05) is 12.1 Å². The van der Waals surface area contributed by atoms with Crippen molar-refractivity contribution in [2.24, 2.45) is 5.73 Å². The van der Waals surface area contributed by atoms with Crippen LogP contribution >= 0.6 is 0 Å². The Morgan fingerprint density at radius 2 is 2.17 bits per heavy atom. The lowest BCUT2D eigenvalue weighted by Crippen LogP contribution is -2.17. The number of hydrogen-bond donors (Lipinski definition) is 1. The van der Waals surface area contributed by atoms with Gasteiger partial charge in [0, 0.05) is 5.92 Å². The average Bonchev–Trinajstić information content (AvgIpc) is 2.73. The van der Waals surface area contributed by atoms with E-state index in [1.54, 1.807) is 0 Å². The fraction of sp³-hybridized carbons (Fsp3) is 0.800. The van der Waals surface area contributed by atoms with E-state index in [4.69, 9.17) is 10.3 Å². The monoisotopic (exact) mass is 267 g/mol. The number of nitrogens with zero attached hydrogens (tertiary/aromatic N) is 2. The lowest BCUT2D eigenvalue weighted by molar-refractivity contribution is -0.177. The Kier molecular flexibility index (Phi) is 5.54. The molecule has 1 rings (SSSR count). The first-order valence-electron chi connectivity index (χ1n) is 5.59. The summed E-state index contributed by atoms with van der Waals surface area (Å²) in [5.41, 5.74) is 5.37. The van der Waals surface area contributed by atoms with Gasteiger partial charge in [0.25, 0.3) is 0 Å². The Hall–Kier alpha value is -1.15. The summed E-state index contributed by atoms with van der Waals surface area (Å²) in [5, 5.41) is 3.56. The van der Waals surface area contributed by atoms with Crippen LogP contribution in [0.1, 0.15) is 37.4 Å². The standard InChI is InChI=1S/C10H16F3N3O2/c1-7(3-2-4-14)9-15-8(16-18-9)5-17-6-10(11,12)13/h7H,2-6,14H2,1H3. The van der Waals surface area contributed by atoms with Crippen molar-refractivity contribution in [3.63, 3.8) is 0 Å². The van der Waals surface area contributed by atoms with E-state index in [9.17, 15) is 13.2 Å². The maximum Gasteiger partial charge on any atom is 0.411 e. The quantitative estimate of drug-likeness (QED) is 0.817. The largest absolute Gasteiger partial charge is 0.411 e. The first-order chi connectivity index (χ1) is 8.42. The number of rotatable bonds is 7. The molecule has 0 amide bonds. The third-order valence-corrected chi connectivity index (χ3v) is 2.24. The van der Waals surface area contributed by atoms with Crippen LogP contribution in [-0.2, 0) is 11.3 Å². The molecule has 1 aromatic rings. The van der Waals surface area contributed by atoms with Crippen LogP contribution in [0.4, 0.5) is 13.2 Å². The minimum absolute atomic E-state index is 0.0393. The fourth-order valence-corrected chi connectivity index (χ4v) is 1.33. The first kappa shape index (κ1) is 14.9. The van der Waals surface area contributed by atoms with Crippen molar-refractivity contribution in [1.29, 1.82) is 0 Å². The summed E-state index contributed by atoms with van der Waals surface area (Å²) in [6, 6.07) is 0. The van der Waals surface area contributed by atoms with Gasteiger partial charge in [-0.2, -0.15) is 18.2 Å². The van der Waals surface area contributed by atoms with Gasteiger partial charge in [-0.05, 0) is 19.4 Å². The molecule has 0 radical (unpaired) electrons. The Morgan fingerprint density at radius 1 is 1.44 bits per heavy atom. The summed E-state index contributed by atoms with van der Waals surface area (Å²) in [4.78, 5) is 3.97. The minimum atomic E-state index is -4.35. The number of alkyl halides is 3. The summed E-state index contributed by atoms with van der Waals surface area (Å²) in [6.07, 6.45) is -2.73. The maximum atomic E-state index is 11.8. The van der Waals surface area contributed by atoms with Crippen molar-refractivity contribution in [3.8, 4) is 0 Å². The second kappa shape index (κ2) is 6.69. The lowest BCUT2D eigenvalue weighted by Gasteiger charge is -2.05. The van der Waals surface area contributed by atoms with E-state index in [-0.39, 0.29) is 18.3 Å². The van der Waals surface area contributed by atoms with Gasteiger partial charge in [-0.3, -0.25) is 0 Å². The highest BCUT2D eigenvalue weighted by atomic mass is 19.4. The molecular formula is C10H16F3N3O2. The van der Waals surface area contributed by atoms with Crippen LogP contribution < -0.4 is 5.73 Å². The molecule has 2 N–H and O–H groups in total. The molecule has 0 aliphatic carbocycles. The van der Waals surface area contributed by atoms with Crippen molar-refractivity contribution < 1.29 is 22.4 Å². The maximum absolute atomic E-state index is 11.8. The molecule has 0 spiro atoms. The zero-order chi connectivity index (χ0) is 13.6. The number of hydrogen-bond acceptors (Lipinski definition) is 5. The van der Waals surface area contributed by atoms with Crippen LogP contribution in [-0.4, -0.2) is 29.5 Å². The second-order valence-corrected chi connectivity index (χ2v) is 3.99. The van der Waals surface area contributed by atoms with E-state index >= 15 is 0 Å². The molecule has 0 saturated heterocycles. The third-order valence-electron chi connectivity index (χ3n) is 2.24. The van der Waals surface area contributed by atoms with Gasteiger partial charge in [-0.15, -0.1) is 0 Å². The molecule has 0 fully saturated rings. The Bertz CT molecular complexity index is 354. The Balaban J connectivity index is 2.38. The van der Waals surface area contributed by atoms with Gasteiger partial charge in [0.1, 0.15) is 13.2 Å². The second-order valence-electron chi connectivity index (χ2n) is 3.99. The fourth-order valence-electron chi connectivity index (χ4n) is 1.33. The van der Waals surface area contributed by atoms with E-state index in [1.807, 2.05) is 6.92 Å². The number of aromatic nitrogens is 2. The van der Waals surface area contributed by atoms with Crippen LogP contribution in [0, 0.1) is 0 Å². The van der Waals surface area contributed by atoms with Gasteiger partial charge >= 0.3 is 6.18 Å². The Labute approximate surface area is 102 Å². The highest BCUT2D eigenvalue weighted by molar-refractivity contribution is 4.91. The van der Waals surface area contributed by atoms with Crippen LogP contribution in [0.5, 0.6) is 0 Å². The van der Waals surface area contributed by atoms with Crippen molar-refractivity contribution in [2.45, 2.75) is 38.5 Å². The third kappa shape index (κ3) is 5.46. The molecule has 18 heavy (non-hydrogen) atoms. The van der Waals surface area contributed by atoms with Crippen molar-refractivity contribution in [2.75, 3.05) is 13.2 Å². The topological polar surface area (TPSA) is 74.2 Å². The van der Waals surface area contributed by atoms with Crippen molar-refractivity contribution in [1.82, 2.24) is 10.1 Å². The number of ether oxygens (including phenoxy) is 1. The molecular weight excluding hydrogens is 251 g/mol. The van der Waals surface area contributed by atoms with Crippen LogP contribution in [0.15, 0.2) is 4.52 Å². The highest BCUT2D eigenvalue weighted by Crippen LogP contribution is 2.19. The molecule has 0 saturated carbocycles. The summed E-state index contributed by atoms with van der Waals surface area (Å²) in [6.45, 7) is 0.829. The molecule has 0 bridgehead atoms. The van der Waals surface area contributed by atoms with E-state index in [0.29, 0.717) is 12.4 Å². The zero-order valence-corrected chi connectivity index (χ0v) is 10.0. The molecule has 5 nitrogen and oxygen atoms in total. The van der Waals surface area contributed by atoms with Gasteiger partial charge < -0.3 is 15.0 Å². The summed E-state index contributed by atoms with van der Waals surface area (Å²) in [5.74, 6) is 0.556. The number of nitrogens with two attached hydrogens (primary N) is 1. The first-order valence-corrected chi connectivity index (χ1v) is 5.59. The molecule has 104 valence electrons. The predicted octanol–water partition coefficient (Wildman–Crippen LogP) is 1.99. The predicted molar refractivity (Wildman–Crippen MR) is 56.7 cm³/mol. The van der Waals surface area contributed by atoms with Crippen molar-refractivity contribution in [3.05, 3.63) is 11.7 Å². The van der Waals surface area contributed by atoms with Gasteiger partial charge in [0.15, 0.2) is 5.82 Å². The SMILES string of the molecule is CC(CCCN)c1nc(COCC(F)(F)F)no1. The molecule has 1 unspecified atom stereocenters. The highest BCUT2D eigenvalue weighted by Gasteiger charge is 2.27. The Morgan fingerprint density at radius 3 is 2.78 bits per heavy atom. The van der Waals surface area contributed by atoms with Gasteiger partial charge in [0.05, 0.1) is 0 Å².